The molecule has 152 valence electrons. The second kappa shape index (κ2) is 8.55. The van der Waals surface area contributed by atoms with Crippen LogP contribution in [0.5, 0.6) is 0 Å². The maximum Gasteiger partial charge on any atom is 0.264 e. The van der Waals surface area contributed by atoms with Crippen LogP contribution in [0.15, 0.2) is 48.5 Å². The number of carbonyl (C=O) groups is 2. The number of hydrogen-bond donors (Lipinski definition) is 1. The second-order valence-electron chi connectivity index (χ2n) is 7.41. The van der Waals surface area contributed by atoms with Gasteiger partial charge in [0.05, 0.1) is 12.2 Å². The van der Waals surface area contributed by atoms with Crippen molar-refractivity contribution in [1.29, 1.82) is 0 Å². The van der Waals surface area contributed by atoms with Crippen molar-refractivity contribution in [3.8, 4) is 0 Å². The van der Waals surface area contributed by atoms with Crippen molar-refractivity contribution < 1.29 is 14.0 Å². The highest BCUT2D eigenvalue weighted by Gasteiger charge is 2.44. The van der Waals surface area contributed by atoms with E-state index in [1.54, 1.807) is 22.3 Å². The van der Waals surface area contributed by atoms with E-state index in [-0.39, 0.29) is 12.5 Å². The molecule has 0 radical (unpaired) electrons. The molecule has 2 aromatic carbocycles. The molecular weight excluding hydrogens is 389 g/mol. The molecule has 1 aliphatic carbocycles. The predicted molar refractivity (Wildman–Crippen MR) is 114 cm³/mol. The quantitative estimate of drug-likeness (QED) is 0.747. The van der Waals surface area contributed by atoms with E-state index in [1.807, 2.05) is 24.3 Å². The van der Waals surface area contributed by atoms with Gasteiger partial charge in [-0.1, -0.05) is 43.5 Å². The minimum absolute atomic E-state index is 0.187. The Morgan fingerprint density at radius 1 is 1.14 bits per heavy atom. The van der Waals surface area contributed by atoms with Crippen LogP contribution in [-0.2, 0) is 9.59 Å². The second-order valence-corrected chi connectivity index (χ2v) is 8.65. The lowest BCUT2D eigenvalue weighted by molar-refractivity contribution is -0.123. The largest absolute Gasteiger partial charge is 0.322 e. The van der Waals surface area contributed by atoms with Crippen LogP contribution in [0.1, 0.15) is 43.7 Å². The summed E-state index contributed by atoms with van der Waals surface area (Å²) in [6, 6.07) is 12.4. The number of hydrogen-bond acceptors (Lipinski definition) is 4. The van der Waals surface area contributed by atoms with Crippen molar-refractivity contribution in [1.82, 2.24) is 0 Å². The normalized spacial score (nSPS) is 19.3. The van der Waals surface area contributed by atoms with E-state index >= 15 is 0 Å². The molecule has 1 unspecified atom stereocenters. The molecule has 2 amide bonds. The average Bonchev–Trinajstić information content (AvgIpc) is 3.01. The van der Waals surface area contributed by atoms with Gasteiger partial charge >= 0.3 is 0 Å². The number of benzene rings is 2. The summed E-state index contributed by atoms with van der Waals surface area (Å²) in [5, 5.41) is 0.382. The summed E-state index contributed by atoms with van der Waals surface area (Å²) in [5.41, 5.74) is 7.52. The Morgan fingerprint density at radius 3 is 2.62 bits per heavy atom. The average molecular weight is 414 g/mol. The zero-order chi connectivity index (χ0) is 20.4. The number of para-hydroxylation sites is 1. The van der Waals surface area contributed by atoms with Crippen molar-refractivity contribution in [3.63, 3.8) is 0 Å². The Morgan fingerprint density at radius 2 is 1.90 bits per heavy atom. The number of anilines is 2. The van der Waals surface area contributed by atoms with Gasteiger partial charge in [-0.05, 0) is 49.1 Å². The third-order valence-electron chi connectivity index (χ3n) is 5.48. The molecular formula is C22H24FN3O2S. The lowest BCUT2D eigenvalue weighted by atomic mass is 10.0. The molecule has 1 saturated carbocycles. The summed E-state index contributed by atoms with van der Waals surface area (Å²) < 4.78 is 15.6. The van der Waals surface area contributed by atoms with Crippen LogP contribution < -0.4 is 14.9 Å². The van der Waals surface area contributed by atoms with Gasteiger partial charge in [0.25, 0.3) is 5.91 Å². The first-order chi connectivity index (χ1) is 14.1. The number of rotatable bonds is 5. The first-order valence-electron chi connectivity index (χ1n) is 9.97. The number of amides is 2. The van der Waals surface area contributed by atoms with Gasteiger partial charge in [0.1, 0.15) is 11.9 Å². The molecule has 1 aliphatic heterocycles. The highest BCUT2D eigenvalue weighted by Crippen LogP contribution is 2.46. The third-order valence-corrected chi connectivity index (χ3v) is 6.84. The van der Waals surface area contributed by atoms with Crippen molar-refractivity contribution in [2.75, 3.05) is 15.7 Å². The maximum absolute atomic E-state index is 13.9. The van der Waals surface area contributed by atoms with E-state index in [4.69, 9.17) is 5.73 Å². The molecule has 7 heteroatoms. The lowest BCUT2D eigenvalue weighted by Crippen LogP contribution is -2.43. The SMILES string of the molecule is NCC(=O)N(c1cccc(F)c1)C1C(=O)N(SC2CCCCC2)c2ccccc21. The molecule has 2 N–H and O–H groups in total. The molecule has 29 heavy (non-hydrogen) atoms. The van der Waals surface area contributed by atoms with Gasteiger partial charge in [0, 0.05) is 16.5 Å². The molecule has 0 spiro atoms. The fourth-order valence-corrected chi connectivity index (χ4v) is 5.43. The molecule has 0 bridgehead atoms. The zero-order valence-corrected chi connectivity index (χ0v) is 16.9. The van der Waals surface area contributed by atoms with Crippen LogP contribution in [-0.4, -0.2) is 23.6 Å². The minimum atomic E-state index is -0.847. The van der Waals surface area contributed by atoms with Gasteiger partial charge in [0.15, 0.2) is 0 Å². The zero-order valence-electron chi connectivity index (χ0n) is 16.1. The van der Waals surface area contributed by atoms with Gasteiger partial charge in [-0.2, -0.15) is 0 Å². The molecule has 4 rings (SSSR count). The Hall–Kier alpha value is -2.38. The van der Waals surface area contributed by atoms with Crippen LogP contribution >= 0.6 is 11.9 Å². The molecule has 0 aromatic heterocycles. The van der Waals surface area contributed by atoms with E-state index in [0.29, 0.717) is 10.9 Å². The Kier molecular flexibility index (Phi) is 5.87. The Labute approximate surface area is 174 Å². The minimum Gasteiger partial charge on any atom is -0.322 e. The van der Waals surface area contributed by atoms with E-state index in [2.05, 4.69) is 0 Å². The van der Waals surface area contributed by atoms with Gasteiger partial charge in [-0.3, -0.25) is 18.8 Å². The van der Waals surface area contributed by atoms with Gasteiger partial charge < -0.3 is 5.73 Å². The lowest BCUT2D eigenvalue weighted by Gasteiger charge is -2.29. The molecule has 1 heterocycles. The Bertz CT molecular complexity index is 916. The highest BCUT2D eigenvalue weighted by molar-refractivity contribution is 8.02. The van der Waals surface area contributed by atoms with Gasteiger partial charge in [0.2, 0.25) is 5.91 Å². The summed E-state index contributed by atoms with van der Waals surface area (Å²) >= 11 is 1.56. The molecule has 2 aromatic rings. The van der Waals surface area contributed by atoms with Gasteiger partial charge in [-0.25, -0.2) is 4.39 Å². The standard InChI is InChI=1S/C22H24FN3O2S/c23-15-7-6-8-16(13-15)25(20(27)14-24)21-18-11-4-5-12-19(18)26(22(21)28)29-17-9-2-1-3-10-17/h4-8,11-13,17,21H,1-3,9-10,14,24H2. The van der Waals surface area contributed by atoms with Crippen LogP contribution in [0.2, 0.25) is 0 Å². The Balaban J connectivity index is 1.73. The van der Waals surface area contributed by atoms with Crippen LogP contribution in [0, 0.1) is 5.82 Å². The number of carbonyl (C=O) groups excluding carboxylic acids is 2. The van der Waals surface area contributed by atoms with Crippen molar-refractivity contribution >= 4 is 35.1 Å². The van der Waals surface area contributed by atoms with E-state index in [1.165, 1.54) is 42.4 Å². The molecule has 0 saturated heterocycles. The van der Waals surface area contributed by atoms with Crippen LogP contribution in [0.25, 0.3) is 0 Å². The van der Waals surface area contributed by atoms with Gasteiger partial charge in [-0.15, -0.1) is 0 Å². The number of halogens is 1. The smallest absolute Gasteiger partial charge is 0.264 e. The van der Waals surface area contributed by atoms with Crippen LogP contribution in [0.4, 0.5) is 15.8 Å². The van der Waals surface area contributed by atoms with E-state index in [0.717, 1.165) is 24.1 Å². The summed E-state index contributed by atoms with van der Waals surface area (Å²) in [6.45, 7) is -0.266. The summed E-state index contributed by atoms with van der Waals surface area (Å²) in [4.78, 5) is 27.6. The molecule has 1 fully saturated rings. The number of nitrogens with zero attached hydrogens (tertiary/aromatic N) is 2. The van der Waals surface area contributed by atoms with E-state index < -0.39 is 17.8 Å². The fraction of sp³-hybridized carbons (Fsp3) is 0.364. The first-order valence-corrected chi connectivity index (χ1v) is 10.8. The van der Waals surface area contributed by atoms with Crippen molar-refractivity contribution in [3.05, 3.63) is 59.9 Å². The third kappa shape index (κ3) is 3.89. The summed E-state index contributed by atoms with van der Waals surface area (Å²) in [6.07, 6.45) is 5.74. The molecule has 1 atom stereocenters. The number of nitrogens with two attached hydrogens (primary N) is 1. The summed E-state index contributed by atoms with van der Waals surface area (Å²) in [7, 11) is 0. The highest BCUT2D eigenvalue weighted by atomic mass is 32.2. The monoisotopic (exact) mass is 413 g/mol. The maximum atomic E-state index is 13.9. The first kappa shape index (κ1) is 19.9. The van der Waals surface area contributed by atoms with Crippen molar-refractivity contribution in [2.24, 2.45) is 5.73 Å². The van der Waals surface area contributed by atoms with Crippen molar-refractivity contribution in [2.45, 2.75) is 43.4 Å². The molecule has 2 aliphatic rings. The topological polar surface area (TPSA) is 66.6 Å². The molecule has 5 nitrogen and oxygen atoms in total. The van der Waals surface area contributed by atoms with Crippen LogP contribution in [0.3, 0.4) is 0 Å². The number of fused-ring (bicyclic) bond motifs is 1. The summed E-state index contributed by atoms with van der Waals surface area (Å²) in [5.74, 6) is -1.08. The van der Waals surface area contributed by atoms with E-state index in [9.17, 15) is 14.0 Å². The predicted octanol–water partition coefficient (Wildman–Crippen LogP) is 4.19. The fourth-order valence-electron chi connectivity index (χ4n) is 4.11.